The molecule has 3 unspecified atom stereocenters. The van der Waals surface area contributed by atoms with Crippen molar-refractivity contribution in [3.63, 3.8) is 0 Å². The second-order valence-electron chi connectivity index (χ2n) is 4.79. The molecule has 3 nitrogen and oxygen atoms in total. The van der Waals surface area contributed by atoms with Crippen LogP contribution in [-0.4, -0.2) is 24.5 Å². The Bertz CT molecular complexity index is 206. The zero-order valence-corrected chi connectivity index (χ0v) is 10.2. The number of hydrogen-bond donors (Lipinski definition) is 2. The molecule has 0 spiro atoms. The van der Waals surface area contributed by atoms with E-state index in [1.807, 2.05) is 6.92 Å². The van der Waals surface area contributed by atoms with Crippen LogP contribution in [0.4, 0.5) is 0 Å². The molecule has 1 saturated carbocycles. The highest BCUT2D eigenvalue weighted by Gasteiger charge is 2.24. The molecule has 0 radical (unpaired) electrons. The maximum absolute atomic E-state index is 11.6. The third-order valence-corrected chi connectivity index (χ3v) is 3.12. The number of amides is 1. The first-order valence-corrected chi connectivity index (χ1v) is 6.17. The fraction of sp³-hybridized carbons (Fsp3) is 0.917. The maximum atomic E-state index is 11.6. The molecule has 0 heterocycles. The van der Waals surface area contributed by atoms with Gasteiger partial charge >= 0.3 is 0 Å². The molecule has 1 amide bonds. The van der Waals surface area contributed by atoms with Crippen molar-refractivity contribution in [3.05, 3.63) is 0 Å². The van der Waals surface area contributed by atoms with Crippen molar-refractivity contribution in [2.75, 3.05) is 6.54 Å². The van der Waals surface area contributed by atoms with Crippen LogP contribution in [0.3, 0.4) is 0 Å². The van der Waals surface area contributed by atoms with Crippen LogP contribution >= 0.6 is 0 Å². The molecule has 1 aliphatic rings. The molecule has 1 fully saturated rings. The van der Waals surface area contributed by atoms with E-state index in [2.05, 4.69) is 24.5 Å². The highest BCUT2D eigenvalue weighted by molar-refractivity contribution is 5.81. The topological polar surface area (TPSA) is 41.1 Å². The minimum atomic E-state index is -0.0492. The van der Waals surface area contributed by atoms with Crippen LogP contribution in [0.15, 0.2) is 0 Å². The SMILES string of the molecule is CCCNC(=O)C(C)NC1CCC(C)C1. The third-order valence-electron chi connectivity index (χ3n) is 3.12. The molecule has 0 bridgehead atoms. The molecule has 0 saturated heterocycles. The van der Waals surface area contributed by atoms with E-state index in [0.717, 1.165) is 18.9 Å². The van der Waals surface area contributed by atoms with Crippen LogP contribution in [0.1, 0.15) is 46.5 Å². The summed E-state index contributed by atoms with van der Waals surface area (Å²) < 4.78 is 0. The minimum Gasteiger partial charge on any atom is -0.355 e. The average Bonchev–Trinajstić information content (AvgIpc) is 2.60. The Morgan fingerprint density at radius 1 is 1.47 bits per heavy atom. The fourth-order valence-corrected chi connectivity index (χ4v) is 2.19. The molecule has 1 aliphatic carbocycles. The van der Waals surface area contributed by atoms with Gasteiger partial charge in [-0.05, 0) is 38.5 Å². The van der Waals surface area contributed by atoms with Crippen molar-refractivity contribution < 1.29 is 4.79 Å². The average molecular weight is 212 g/mol. The van der Waals surface area contributed by atoms with Crippen molar-refractivity contribution in [2.45, 2.75) is 58.5 Å². The van der Waals surface area contributed by atoms with Gasteiger partial charge in [0, 0.05) is 12.6 Å². The molecule has 2 N–H and O–H groups in total. The normalized spacial score (nSPS) is 27.7. The van der Waals surface area contributed by atoms with Crippen LogP contribution in [0, 0.1) is 5.92 Å². The third kappa shape index (κ3) is 4.20. The summed E-state index contributed by atoms with van der Waals surface area (Å²) in [4.78, 5) is 11.6. The lowest BCUT2D eigenvalue weighted by Crippen LogP contribution is -2.46. The van der Waals surface area contributed by atoms with E-state index in [-0.39, 0.29) is 11.9 Å². The molecule has 0 aliphatic heterocycles. The lowest BCUT2D eigenvalue weighted by atomic mass is 10.1. The summed E-state index contributed by atoms with van der Waals surface area (Å²) in [7, 11) is 0. The van der Waals surface area contributed by atoms with Gasteiger partial charge in [0.25, 0.3) is 0 Å². The minimum absolute atomic E-state index is 0.0492. The molecule has 0 aromatic rings. The Balaban J connectivity index is 2.22. The lowest BCUT2D eigenvalue weighted by Gasteiger charge is -2.18. The van der Waals surface area contributed by atoms with E-state index < -0.39 is 0 Å². The Morgan fingerprint density at radius 2 is 2.20 bits per heavy atom. The summed E-state index contributed by atoms with van der Waals surface area (Å²) in [6.07, 6.45) is 4.72. The molecule has 0 aromatic heterocycles. The van der Waals surface area contributed by atoms with Crippen molar-refractivity contribution in [1.82, 2.24) is 10.6 Å². The lowest BCUT2D eigenvalue weighted by molar-refractivity contribution is -0.122. The van der Waals surface area contributed by atoms with Gasteiger partial charge in [-0.2, -0.15) is 0 Å². The van der Waals surface area contributed by atoms with Gasteiger partial charge in [0.15, 0.2) is 0 Å². The van der Waals surface area contributed by atoms with Gasteiger partial charge < -0.3 is 10.6 Å². The Morgan fingerprint density at radius 3 is 2.73 bits per heavy atom. The highest BCUT2D eigenvalue weighted by Crippen LogP contribution is 2.24. The van der Waals surface area contributed by atoms with Gasteiger partial charge in [-0.1, -0.05) is 13.8 Å². The number of hydrogen-bond acceptors (Lipinski definition) is 2. The Kier molecular flexibility index (Phi) is 5.09. The van der Waals surface area contributed by atoms with E-state index in [0.29, 0.717) is 6.04 Å². The predicted molar refractivity (Wildman–Crippen MR) is 62.7 cm³/mol. The van der Waals surface area contributed by atoms with E-state index in [1.54, 1.807) is 0 Å². The molecule has 3 heteroatoms. The highest BCUT2D eigenvalue weighted by atomic mass is 16.2. The van der Waals surface area contributed by atoms with E-state index >= 15 is 0 Å². The number of carbonyl (C=O) groups is 1. The van der Waals surface area contributed by atoms with Crippen molar-refractivity contribution in [2.24, 2.45) is 5.92 Å². The zero-order chi connectivity index (χ0) is 11.3. The fourth-order valence-electron chi connectivity index (χ4n) is 2.19. The first kappa shape index (κ1) is 12.5. The van der Waals surface area contributed by atoms with Gasteiger partial charge in [-0.25, -0.2) is 0 Å². The van der Waals surface area contributed by atoms with Crippen molar-refractivity contribution >= 4 is 5.91 Å². The van der Waals surface area contributed by atoms with E-state index in [9.17, 15) is 4.79 Å². The van der Waals surface area contributed by atoms with E-state index in [4.69, 9.17) is 0 Å². The van der Waals surface area contributed by atoms with Gasteiger partial charge in [0.05, 0.1) is 6.04 Å². The first-order chi connectivity index (χ1) is 7.13. The standard InChI is InChI=1S/C12H24N2O/c1-4-7-13-12(15)10(3)14-11-6-5-9(2)8-11/h9-11,14H,4-8H2,1-3H3,(H,13,15). The second-order valence-corrected chi connectivity index (χ2v) is 4.79. The van der Waals surface area contributed by atoms with Crippen LogP contribution in [0.2, 0.25) is 0 Å². The molecule has 88 valence electrons. The van der Waals surface area contributed by atoms with Gasteiger partial charge in [-0.3, -0.25) is 4.79 Å². The van der Waals surface area contributed by atoms with Crippen LogP contribution < -0.4 is 10.6 Å². The number of rotatable bonds is 5. The molecular formula is C12H24N2O. The van der Waals surface area contributed by atoms with Crippen LogP contribution in [0.25, 0.3) is 0 Å². The van der Waals surface area contributed by atoms with Crippen molar-refractivity contribution in [3.8, 4) is 0 Å². The largest absolute Gasteiger partial charge is 0.355 e. The van der Waals surface area contributed by atoms with Crippen LogP contribution in [-0.2, 0) is 4.79 Å². The van der Waals surface area contributed by atoms with Gasteiger partial charge in [-0.15, -0.1) is 0 Å². The number of carbonyl (C=O) groups excluding carboxylic acids is 1. The summed E-state index contributed by atoms with van der Waals surface area (Å²) in [5.74, 6) is 0.949. The summed E-state index contributed by atoms with van der Waals surface area (Å²) >= 11 is 0. The van der Waals surface area contributed by atoms with E-state index in [1.165, 1.54) is 19.3 Å². The summed E-state index contributed by atoms with van der Waals surface area (Å²) in [6, 6.07) is 0.495. The molecule has 3 atom stereocenters. The predicted octanol–water partition coefficient (Wildman–Crippen LogP) is 1.68. The molecule has 15 heavy (non-hydrogen) atoms. The summed E-state index contributed by atoms with van der Waals surface area (Å²) in [6.45, 7) is 7.08. The van der Waals surface area contributed by atoms with Crippen molar-refractivity contribution in [1.29, 1.82) is 0 Å². The summed E-state index contributed by atoms with van der Waals surface area (Å²) in [5.41, 5.74) is 0. The Labute approximate surface area is 93.0 Å². The second kappa shape index (κ2) is 6.11. The molecular weight excluding hydrogens is 188 g/mol. The Hall–Kier alpha value is -0.570. The summed E-state index contributed by atoms with van der Waals surface area (Å²) in [5, 5.41) is 6.32. The number of nitrogens with one attached hydrogen (secondary N) is 2. The molecule has 0 aromatic carbocycles. The van der Waals surface area contributed by atoms with Gasteiger partial charge in [0.2, 0.25) is 5.91 Å². The van der Waals surface area contributed by atoms with Crippen LogP contribution in [0.5, 0.6) is 0 Å². The smallest absolute Gasteiger partial charge is 0.236 e. The monoisotopic (exact) mass is 212 g/mol. The van der Waals surface area contributed by atoms with Gasteiger partial charge in [0.1, 0.15) is 0 Å². The maximum Gasteiger partial charge on any atom is 0.236 e. The first-order valence-electron chi connectivity index (χ1n) is 6.17. The quantitative estimate of drug-likeness (QED) is 0.728. The molecule has 1 rings (SSSR count). The zero-order valence-electron chi connectivity index (χ0n) is 10.2.